The van der Waals surface area contributed by atoms with Crippen LogP contribution in [0.15, 0.2) is 42.7 Å². The summed E-state index contributed by atoms with van der Waals surface area (Å²) in [5, 5.41) is 0.668. The second-order valence-electron chi connectivity index (χ2n) is 6.69. The van der Waals surface area contributed by atoms with Gasteiger partial charge in [-0.3, -0.25) is 4.79 Å². The van der Waals surface area contributed by atoms with Gasteiger partial charge in [-0.15, -0.1) is 6.58 Å². The minimum absolute atomic E-state index is 0.0886. The quantitative estimate of drug-likeness (QED) is 0.707. The largest absolute Gasteiger partial charge is 0.497 e. The summed E-state index contributed by atoms with van der Waals surface area (Å²) >= 11 is 6.40. The molecule has 1 saturated heterocycles. The van der Waals surface area contributed by atoms with Crippen molar-refractivity contribution < 1.29 is 19.0 Å². The third-order valence-electron chi connectivity index (χ3n) is 5.21. The maximum atomic E-state index is 12.3. The standard InChI is InChI=1S/C20H23ClO4/c1-4-5-15-11-20(19(10-18(15)22)24-12-25-20)13(2)8-14-6-7-16(23-3)9-17(14)21/h4,6-7,9-10,13,15H,1,5,8,11-12H2,2-3H3/t13?,15-,20+/m0/s1. The summed E-state index contributed by atoms with van der Waals surface area (Å²) in [7, 11) is 1.62. The van der Waals surface area contributed by atoms with Gasteiger partial charge in [-0.2, -0.15) is 0 Å². The Morgan fingerprint density at radius 1 is 1.52 bits per heavy atom. The summed E-state index contributed by atoms with van der Waals surface area (Å²) in [6, 6.07) is 5.69. The molecule has 1 heterocycles. The highest BCUT2D eigenvalue weighted by Gasteiger charge is 2.51. The van der Waals surface area contributed by atoms with Crippen LogP contribution in [-0.4, -0.2) is 25.3 Å². The maximum absolute atomic E-state index is 12.3. The van der Waals surface area contributed by atoms with Crippen LogP contribution in [0, 0.1) is 11.8 Å². The molecule has 1 fully saturated rings. The Labute approximate surface area is 153 Å². The van der Waals surface area contributed by atoms with E-state index in [4.69, 9.17) is 25.8 Å². The molecule has 3 atom stereocenters. The molecule has 0 aromatic heterocycles. The number of hydrogen-bond acceptors (Lipinski definition) is 4. The molecule has 0 N–H and O–H groups in total. The van der Waals surface area contributed by atoms with Crippen molar-refractivity contribution in [1.29, 1.82) is 0 Å². The zero-order valence-corrected chi connectivity index (χ0v) is 15.3. The number of carbonyl (C=O) groups is 1. The molecule has 3 rings (SSSR count). The molecule has 1 unspecified atom stereocenters. The summed E-state index contributed by atoms with van der Waals surface area (Å²) in [4.78, 5) is 12.3. The fraction of sp³-hybridized carbons (Fsp3) is 0.450. The molecule has 4 nitrogen and oxygen atoms in total. The lowest BCUT2D eigenvalue weighted by molar-refractivity contribution is -0.123. The van der Waals surface area contributed by atoms with Crippen LogP contribution >= 0.6 is 11.6 Å². The number of ketones is 1. The van der Waals surface area contributed by atoms with E-state index < -0.39 is 5.60 Å². The van der Waals surface area contributed by atoms with Crippen LogP contribution in [0.1, 0.15) is 25.3 Å². The van der Waals surface area contributed by atoms with Crippen LogP contribution in [-0.2, 0) is 20.7 Å². The van der Waals surface area contributed by atoms with Crippen LogP contribution < -0.4 is 4.74 Å². The second kappa shape index (κ2) is 7.22. The van der Waals surface area contributed by atoms with E-state index in [0.29, 0.717) is 23.6 Å². The first-order valence-electron chi connectivity index (χ1n) is 8.46. The molecule has 1 aromatic rings. The number of methoxy groups -OCH3 is 1. The number of carbonyl (C=O) groups excluding carboxylic acids is 1. The van der Waals surface area contributed by atoms with E-state index in [1.807, 2.05) is 18.2 Å². The van der Waals surface area contributed by atoms with Gasteiger partial charge in [0.2, 0.25) is 0 Å². The van der Waals surface area contributed by atoms with Crippen LogP contribution in [0.3, 0.4) is 0 Å². The average Bonchev–Trinajstić information content (AvgIpc) is 3.01. The third-order valence-corrected chi connectivity index (χ3v) is 5.56. The molecule has 0 bridgehead atoms. The molecule has 0 saturated carbocycles. The van der Waals surface area contributed by atoms with Crippen LogP contribution in [0.4, 0.5) is 0 Å². The third kappa shape index (κ3) is 3.33. The van der Waals surface area contributed by atoms with Gasteiger partial charge in [0.05, 0.1) is 7.11 Å². The Hall–Kier alpha value is -1.78. The zero-order valence-electron chi connectivity index (χ0n) is 14.6. The number of rotatable bonds is 6. The first kappa shape index (κ1) is 18.0. The van der Waals surface area contributed by atoms with Crippen molar-refractivity contribution in [3.05, 3.63) is 53.3 Å². The van der Waals surface area contributed by atoms with E-state index in [-0.39, 0.29) is 24.4 Å². The molecule has 0 spiro atoms. The second-order valence-corrected chi connectivity index (χ2v) is 7.10. The van der Waals surface area contributed by atoms with Crippen molar-refractivity contribution in [2.24, 2.45) is 11.8 Å². The zero-order chi connectivity index (χ0) is 18.0. The van der Waals surface area contributed by atoms with Crippen molar-refractivity contribution in [2.75, 3.05) is 13.9 Å². The van der Waals surface area contributed by atoms with Crippen LogP contribution in [0.25, 0.3) is 0 Å². The van der Waals surface area contributed by atoms with Gasteiger partial charge in [-0.05, 0) is 42.9 Å². The van der Waals surface area contributed by atoms with Gasteiger partial charge in [-0.1, -0.05) is 30.7 Å². The number of hydrogen-bond donors (Lipinski definition) is 0. The summed E-state index contributed by atoms with van der Waals surface area (Å²) < 4.78 is 16.9. The summed E-state index contributed by atoms with van der Waals surface area (Å²) in [6.07, 6.45) is 5.37. The molecule has 5 heteroatoms. The predicted octanol–water partition coefficient (Wildman–Crippen LogP) is 4.32. The minimum Gasteiger partial charge on any atom is -0.497 e. The summed E-state index contributed by atoms with van der Waals surface area (Å²) in [5.74, 6) is 1.46. The van der Waals surface area contributed by atoms with Gasteiger partial charge >= 0.3 is 0 Å². The van der Waals surface area contributed by atoms with E-state index in [1.165, 1.54) is 0 Å². The molecule has 1 aliphatic carbocycles. The van der Waals surface area contributed by atoms with E-state index in [9.17, 15) is 4.79 Å². The molecular formula is C20H23ClO4. The van der Waals surface area contributed by atoms with Gasteiger partial charge < -0.3 is 14.2 Å². The van der Waals surface area contributed by atoms with Gasteiger partial charge in [-0.25, -0.2) is 0 Å². The Balaban J connectivity index is 1.86. The Morgan fingerprint density at radius 2 is 2.32 bits per heavy atom. The van der Waals surface area contributed by atoms with Gasteiger partial charge in [0.1, 0.15) is 17.1 Å². The molecule has 0 amide bonds. The van der Waals surface area contributed by atoms with E-state index >= 15 is 0 Å². The van der Waals surface area contributed by atoms with Gasteiger partial charge in [0, 0.05) is 17.0 Å². The number of ether oxygens (including phenoxy) is 3. The topological polar surface area (TPSA) is 44.8 Å². The first-order chi connectivity index (χ1) is 12.0. The van der Waals surface area contributed by atoms with Crippen molar-refractivity contribution in [1.82, 2.24) is 0 Å². The van der Waals surface area contributed by atoms with Crippen molar-refractivity contribution in [3.63, 3.8) is 0 Å². The molecule has 0 radical (unpaired) electrons. The maximum Gasteiger partial charge on any atom is 0.189 e. The van der Waals surface area contributed by atoms with E-state index in [0.717, 1.165) is 17.7 Å². The van der Waals surface area contributed by atoms with Crippen LogP contribution in [0.2, 0.25) is 5.02 Å². The molecule has 25 heavy (non-hydrogen) atoms. The summed E-state index contributed by atoms with van der Waals surface area (Å²) in [6.45, 7) is 6.06. The van der Waals surface area contributed by atoms with E-state index in [2.05, 4.69) is 13.5 Å². The number of allylic oxidation sites excluding steroid dienone is 2. The highest BCUT2D eigenvalue weighted by atomic mass is 35.5. The van der Waals surface area contributed by atoms with Crippen molar-refractivity contribution >= 4 is 17.4 Å². The number of halogens is 1. The lowest BCUT2D eigenvalue weighted by Gasteiger charge is -2.38. The fourth-order valence-corrected chi connectivity index (χ4v) is 3.98. The molecule has 2 aliphatic rings. The lowest BCUT2D eigenvalue weighted by atomic mass is 9.71. The summed E-state index contributed by atoms with van der Waals surface area (Å²) in [5.41, 5.74) is 0.446. The molecule has 1 aromatic carbocycles. The Bertz CT molecular complexity index is 712. The van der Waals surface area contributed by atoms with Crippen LogP contribution in [0.5, 0.6) is 5.75 Å². The van der Waals surface area contributed by atoms with Gasteiger partial charge in [0.25, 0.3) is 0 Å². The molecular weight excluding hydrogens is 340 g/mol. The monoisotopic (exact) mass is 362 g/mol. The highest BCUT2D eigenvalue weighted by Crippen LogP contribution is 2.46. The van der Waals surface area contributed by atoms with E-state index in [1.54, 1.807) is 19.3 Å². The number of benzene rings is 1. The first-order valence-corrected chi connectivity index (χ1v) is 8.84. The Kier molecular flexibility index (Phi) is 5.21. The van der Waals surface area contributed by atoms with Crippen molar-refractivity contribution in [2.45, 2.75) is 31.8 Å². The van der Waals surface area contributed by atoms with Gasteiger partial charge in [0.15, 0.2) is 12.6 Å². The fourth-order valence-electron chi connectivity index (χ4n) is 3.73. The number of fused-ring (bicyclic) bond motifs is 1. The minimum atomic E-state index is -0.579. The average molecular weight is 363 g/mol. The molecule has 1 aliphatic heterocycles. The Morgan fingerprint density at radius 3 is 3.00 bits per heavy atom. The molecule has 134 valence electrons. The normalized spacial score (nSPS) is 26.4. The van der Waals surface area contributed by atoms with Crippen molar-refractivity contribution in [3.8, 4) is 5.75 Å². The SMILES string of the molecule is C=CC[C@H]1C[C@]2(C(C)Cc3ccc(OC)cc3Cl)OCOC2=CC1=O. The lowest BCUT2D eigenvalue weighted by Crippen LogP contribution is -2.44. The highest BCUT2D eigenvalue weighted by molar-refractivity contribution is 6.31. The smallest absolute Gasteiger partial charge is 0.189 e. The predicted molar refractivity (Wildman–Crippen MR) is 96.7 cm³/mol.